The molecule has 5 nitrogen and oxygen atoms in total. The molecule has 0 aliphatic carbocycles. The number of carbonyl (C=O) groups excluding carboxylic acids is 1. The Hall–Kier alpha value is -3.59. The van der Waals surface area contributed by atoms with Crippen LogP contribution in [-0.2, 0) is 11.3 Å². The molecule has 2 heterocycles. The van der Waals surface area contributed by atoms with Gasteiger partial charge in [-0.3, -0.25) is 4.79 Å². The number of rotatable bonds is 6. The molecule has 6 heteroatoms. The minimum Gasteiger partial charge on any atom is -0.489 e. The van der Waals surface area contributed by atoms with Crippen molar-refractivity contribution in [1.29, 1.82) is 5.26 Å². The highest BCUT2D eigenvalue weighted by atomic mass is 19.1. The van der Waals surface area contributed by atoms with Gasteiger partial charge in [-0.2, -0.15) is 5.26 Å². The number of benzene rings is 2. The van der Waals surface area contributed by atoms with Crippen LogP contribution < -0.4 is 4.74 Å². The maximum atomic E-state index is 13.8. The van der Waals surface area contributed by atoms with Gasteiger partial charge in [0.15, 0.2) is 11.6 Å². The van der Waals surface area contributed by atoms with Crippen molar-refractivity contribution in [2.24, 2.45) is 0 Å². The summed E-state index contributed by atoms with van der Waals surface area (Å²) >= 11 is 0. The Labute approximate surface area is 174 Å². The largest absolute Gasteiger partial charge is 0.489 e. The van der Waals surface area contributed by atoms with Crippen LogP contribution >= 0.6 is 0 Å². The molecule has 0 radical (unpaired) electrons. The second-order valence-electron chi connectivity index (χ2n) is 7.24. The molecule has 0 atom stereocenters. The van der Waals surface area contributed by atoms with E-state index >= 15 is 0 Å². The molecule has 152 valence electrons. The molecule has 1 fully saturated rings. The number of aromatic nitrogens is 1. The smallest absolute Gasteiger partial charge is 0.264 e. The van der Waals surface area contributed by atoms with Gasteiger partial charge in [-0.1, -0.05) is 30.3 Å². The normalized spacial score (nSPS) is 14.1. The number of hydrogen-bond donors (Lipinski definition) is 0. The van der Waals surface area contributed by atoms with E-state index in [2.05, 4.69) is 6.07 Å². The quantitative estimate of drug-likeness (QED) is 0.453. The van der Waals surface area contributed by atoms with E-state index in [1.807, 2.05) is 35.0 Å². The predicted octanol–water partition coefficient (Wildman–Crippen LogP) is 4.39. The molecule has 1 saturated heterocycles. The highest BCUT2D eigenvalue weighted by Crippen LogP contribution is 2.25. The Kier molecular flexibility index (Phi) is 5.80. The molecule has 1 aliphatic heterocycles. The van der Waals surface area contributed by atoms with Crippen LogP contribution in [0.1, 0.15) is 18.4 Å². The topological polar surface area (TPSA) is 58.3 Å². The molecular formula is C24H22FN3O2. The van der Waals surface area contributed by atoms with Crippen molar-refractivity contribution >= 4 is 22.9 Å². The fraction of sp³-hybridized carbons (Fsp3) is 0.250. The summed E-state index contributed by atoms with van der Waals surface area (Å²) in [6.45, 7) is 2.20. The number of ether oxygens (including phenoxy) is 1. The molecule has 0 spiro atoms. The van der Waals surface area contributed by atoms with E-state index in [-0.39, 0.29) is 17.2 Å². The van der Waals surface area contributed by atoms with Crippen molar-refractivity contribution in [2.45, 2.75) is 19.4 Å². The van der Waals surface area contributed by atoms with E-state index in [1.54, 1.807) is 29.2 Å². The van der Waals surface area contributed by atoms with Crippen molar-refractivity contribution in [2.75, 3.05) is 19.7 Å². The molecule has 0 N–H and O–H groups in total. The summed E-state index contributed by atoms with van der Waals surface area (Å²) in [6.07, 6.45) is 5.53. The zero-order valence-corrected chi connectivity index (χ0v) is 16.6. The van der Waals surface area contributed by atoms with E-state index < -0.39 is 5.82 Å². The second-order valence-corrected chi connectivity index (χ2v) is 7.24. The summed E-state index contributed by atoms with van der Waals surface area (Å²) in [7, 11) is 0. The molecule has 0 bridgehead atoms. The average Bonchev–Trinajstić information content (AvgIpc) is 3.42. The fourth-order valence-corrected chi connectivity index (χ4v) is 3.78. The maximum absolute atomic E-state index is 13.8. The van der Waals surface area contributed by atoms with E-state index in [0.717, 1.165) is 29.3 Å². The summed E-state index contributed by atoms with van der Waals surface area (Å²) in [6, 6.07) is 16.2. The fourth-order valence-electron chi connectivity index (χ4n) is 3.78. The Morgan fingerprint density at radius 3 is 2.63 bits per heavy atom. The lowest BCUT2D eigenvalue weighted by atomic mass is 10.1. The van der Waals surface area contributed by atoms with E-state index in [1.165, 1.54) is 6.07 Å². The first kappa shape index (κ1) is 19.7. The minimum absolute atomic E-state index is 0.141. The lowest BCUT2D eigenvalue weighted by Crippen LogP contribution is -2.28. The number of halogens is 1. The molecule has 4 rings (SSSR count). The molecule has 1 amide bonds. The van der Waals surface area contributed by atoms with Gasteiger partial charge in [0, 0.05) is 35.8 Å². The van der Waals surface area contributed by atoms with Gasteiger partial charge in [-0.25, -0.2) is 4.39 Å². The van der Waals surface area contributed by atoms with Crippen molar-refractivity contribution in [1.82, 2.24) is 9.47 Å². The first-order chi connectivity index (χ1) is 14.7. The monoisotopic (exact) mass is 403 g/mol. The van der Waals surface area contributed by atoms with Crippen LogP contribution in [-0.4, -0.2) is 35.1 Å². The lowest BCUT2D eigenvalue weighted by Gasteiger charge is -2.13. The summed E-state index contributed by atoms with van der Waals surface area (Å²) < 4.78 is 21.3. The zero-order chi connectivity index (χ0) is 20.9. The molecule has 30 heavy (non-hydrogen) atoms. The van der Waals surface area contributed by atoms with Gasteiger partial charge in [0.25, 0.3) is 5.91 Å². The minimum atomic E-state index is -0.391. The van der Waals surface area contributed by atoms with E-state index in [4.69, 9.17) is 4.74 Å². The SMILES string of the molecule is N#C/C(=C\c1cn(CCOc2ccccc2F)c2ccccc12)C(=O)N1CCCC1. The number of amides is 1. The second kappa shape index (κ2) is 8.83. The van der Waals surface area contributed by atoms with Gasteiger partial charge >= 0.3 is 0 Å². The van der Waals surface area contributed by atoms with E-state index in [9.17, 15) is 14.4 Å². The van der Waals surface area contributed by atoms with E-state index in [0.29, 0.717) is 26.2 Å². The number of carbonyl (C=O) groups is 1. The van der Waals surface area contributed by atoms with Crippen LogP contribution in [0.25, 0.3) is 17.0 Å². The standard InChI is InChI=1S/C24H22FN3O2/c25-21-8-2-4-10-23(21)30-14-13-28-17-19(20-7-1-3-9-22(20)28)15-18(16-26)24(29)27-11-5-6-12-27/h1-4,7-10,15,17H,5-6,11-14H2/b18-15+. The first-order valence-corrected chi connectivity index (χ1v) is 10.0. The molecule has 0 unspecified atom stereocenters. The van der Waals surface area contributed by atoms with Crippen LogP contribution in [0, 0.1) is 17.1 Å². The Morgan fingerprint density at radius 1 is 1.13 bits per heavy atom. The average molecular weight is 403 g/mol. The number of nitriles is 1. The van der Waals surface area contributed by atoms with Crippen molar-refractivity contribution in [3.05, 3.63) is 71.7 Å². The number of hydrogen-bond acceptors (Lipinski definition) is 3. The third kappa shape index (κ3) is 4.06. The number of nitrogens with zero attached hydrogens (tertiary/aromatic N) is 3. The highest BCUT2D eigenvalue weighted by Gasteiger charge is 2.22. The third-order valence-corrected chi connectivity index (χ3v) is 5.29. The third-order valence-electron chi connectivity index (χ3n) is 5.29. The summed E-state index contributed by atoms with van der Waals surface area (Å²) in [4.78, 5) is 14.4. The molecular weight excluding hydrogens is 381 g/mol. The zero-order valence-electron chi connectivity index (χ0n) is 16.6. The van der Waals surface area contributed by atoms with Gasteiger partial charge < -0.3 is 14.2 Å². The molecule has 1 aromatic heterocycles. The first-order valence-electron chi connectivity index (χ1n) is 10.0. The van der Waals surface area contributed by atoms with Gasteiger partial charge in [-0.05, 0) is 37.1 Å². The Bertz CT molecular complexity index is 1140. The van der Waals surface area contributed by atoms with Crippen molar-refractivity contribution < 1.29 is 13.9 Å². The Morgan fingerprint density at radius 2 is 1.87 bits per heavy atom. The molecule has 1 aliphatic rings. The number of likely N-dealkylation sites (tertiary alicyclic amines) is 1. The van der Waals surface area contributed by atoms with Crippen molar-refractivity contribution in [3.63, 3.8) is 0 Å². The predicted molar refractivity (Wildman–Crippen MR) is 113 cm³/mol. The van der Waals surface area contributed by atoms with Crippen LogP contribution in [0.5, 0.6) is 5.75 Å². The highest BCUT2D eigenvalue weighted by molar-refractivity contribution is 6.04. The van der Waals surface area contributed by atoms with Gasteiger partial charge in [0.05, 0.1) is 6.54 Å². The summed E-state index contributed by atoms with van der Waals surface area (Å²) in [5, 5.41) is 10.5. The van der Waals surface area contributed by atoms with Crippen LogP contribution in [0.15, 0.2) is 60.3 Å². The van der Waals surface area contributed by atoms with Crippen molar-refractivity contribution in [3.8, 4) is 11.8 Å². The summed E-state index contributed by atoms with van der Waals surface area (Å²) in [5.41, 5.74) is 1.91. The molecule has 2 aromatic carbocycles. The van der Waals surface area contributed by atoms with Crippen LogP contribution in [0.2, 0.25) is 0 Å². The van der Waals surface area contributed by atoms with Gasteiger partial charge in [0.1, 0.15) is 18.2 Å². The number of para-hydroxylation sites is 2. The summed E-state index contributed by atoms with van der Waals surface area (Å²) in [5.74, 6) is -0.385. The van der Waals surface area contributed by atoms with Crippen LogP contribution in [0.4, 0.5) is 4.39 Å². The Balaban J connectivity index is 1.58. The molecule has 3 aromatic rings. The van der Waals surface area contributed by atoms with Gasteiger partial charge in [-0.15, -0.1) is 0 Å². The lowest BCUT2D eigenvalue weighted by molar-refractivity contribution is -0.125. The van der Waals surface area contributed by atoms with Gasteiger partial charge in [0.2, 0.25) is 0 Å². The number of fused-ring (bicyclic) bond motifs is 1. The molecule has 0 saturated carbocycles. The maximum Gasteiger partial charge on any atom is 0.264 e. The van der Waals surface area contributed by atoms with Crippen LogP contribution in [0.3, 0.4) is 0 Å².